The number of carbonyl (C=O) groups is 1. The lowest BCUT2D eigenvalue weighted by Crippen LogP contribution is -2.30. The molecule has 6 heteroatoms. The first-order valence-electron chi connectivity index (χ1n) is 6.16. The van der Waals surface area contributed by atoms with Crippen LogP contribution in [-0.4, -0.2) is 48.8 Å². The monoisotopic (exact) mass is 254 g/mol. The Balaban J connectivity index is 1.98. The first-order chi connectivity index (χ1) is 8.74. The van der Waals surface area contributed by atoms with E-state index in [1.54, 1.807) is 13.3 Å². The number of carbonyl (C=O) groups excluding carboxylic acids is 1. The standard InChI is InChI=1S/C12H22N4O2/c1-16-9-7-14-11(16)3-5-13-6-4-12(17)15-8-10-18-2/h7,9,13H,3-6,8,10H2,1-2H3,(H,15,17). The smallest absolute Gasteiger partial charge is 0.221 e. The molecule has 1 heterocycles. The summed E-state index contributed by atoms with van der Waals surface area (Å²) in [6, 6.07) is 0. The van der Waals surface area contributed by atoms with Crippen LogP contribution in [0.5, 0.6) is 0 Å². The molecule has 2 N–H and O–H groups in total. The molecule has 0 aliphatic carbocycles. The van der Waals surface area contributed by atoms with Crippen molar-refractivity contribution in [2.24, 2.45) is 7.05 Å². The third-order valence-corrected chi connectivity index (χ3v) is 2.60. The molecule has 0 atom stereocenters. The van der Waals surface area contributed by atoms with Crippen LogP contribution in [0.1, 0.15) is 12.2 Å². The number of rotatable bonds is 9. The molecule has 0 aliphatic rings. The van der Waals surface area contributed by atoms with Crippen molar-refractivity contribution in [3.63, 3.8) is 0 Å². The maximum absolute atomic E-state index is 11.3. The van der Waals surface area contributed by atoms with Crippen molar-refractivity contribution < 1.29 is 9.53 Å². The highest BCUT2D eigenvalue weighted by Gasteiger charge is 2.01. The van der Waals surface area contributed by atoms with Gasteiger partial charge in [-0.05, 0) is 0 Å². The fourth-order valence-electron chi connectivity index (χ4n) is 1.55. The van der Waals surface area contributed by atoms with E-state index in [9.17, 15) is 4.79 Å². The number of imidazole rings is 1. The van der Waals surface area contributed by atoms with Gasteiger partial charge in [0, 0.05) is 59.0 Å². The summed E-state index contributed by atoms with van der Waals surface area (Å²) in [7, 11) is 3.59. The maximum atomic E-state index is 11.3. The van der Waals surface area contributed by atoms with Crippen LogP contribution in [0.25, 0.3) is 0 Å². The number of nitrogens with one attached hydrogen (secondary N) is 2. The van der Waals surface area contributed by atoms with Crippen LogP contribution in [0.3, 0.4) is 0 Å². The number of ether oxygens (including phenoxy) is 1. The van der Waals surface area contributed by atoms with Gasteiger partial charge in [0.05, 0.1) is 6.61 Å². The van der Waals surface area contributed by atoms with Crippen LogP contribution in [-0.2, 0) is 23.0 Å². The lowest BCUT2D eigenvalue weighted by molar-refractivity contribution is -0.121. The van der Waals surface area contributed by atoms with Crippen LogP contribution in [0.15, 0.2) is 12.4 Å². The SMILES string of the molecule is COCCNC(=O)CCNCCc1nccn1C. The summed E-state index contributed by atoms with van der Waals surface area (Å²) >= 11 is 0. The fourth-order valence-corrected chi connectivity index (χ4v) is 1.55. The zero-order valence-corrected chi connectivity index (χ0v) is 11.1. The average molecular weight is 254 g/mol. The Hall–Kier alpha value is -1.40. The van der Waals surface area contributed by atoms with Crippen molar-refractivity contribution in [1.29, 1.82) is 0 Å². The summed E-state index contributed by atoms with van der Waals surface area (Å²) in [5.41, 5.74) is 0. The normalized spacial score (nSPS) is 10.6. The third kappa shape index (κ3) is 5.79. The van der Waals surface area contributed by atoms with E-state index in [-0.39, 0.29) is 5.91 Å². The zero-order chi connectivity index (χ0) is 13.2. The fraction of sp³-hybridized carbons (Fsp3) is 0.667. The quantitative estimate of drug-likeness (QED) is 0.594. The number of hydrogen-bond acceptors (Lipinski definition) is 4. The van der Waals surface area contributed by atoms with Crippen molar-refractivity contribution in [3.8, 4) is 0 Å². The zero-order valence-electron chi connectivity index (χ0n) is 11.1. The summed E-state index contributed by atoms with van der Waals surface area (Å²) in [5, 5.41) is 6.00. The molecule has 0 unspecified atom stereocenters. The van der Waals surface area contributed by atoms with Crippen LogP contribution in [0.2, 0.25) is 0 Å². The molecule has 1 rings (SSSR count). The average Bonchev–Trinajstić information content (AvgIpc) is 2.75. The minimum atomic E-state index is 0.0524. The molecule has 0 bridgehead atoms. The second-order valence-electron chi connectivity index (χ2n) is 4.05. The van der Waals surface area contributed by atoms with E-state index >= 15 is 0 Å². The van der Waals surface area contributed by atoms with Gasteiger partial charge in [-0.15, -0.1) is 0 Å². The maximum Gasteiger partial charge on any atom is 0.221 e. The van der Waals surface area contributed by atoms with Crippen LogP contribution >= 0.6 is 0 Å². The van der Waals surface area contributed by atoms with Crippen molar-refractivity contribution in [3.05, 3.63) is 18.2 Å². The van der Waals surface area contributed by atoms with Gasteiger partial charge in [0.1, 0.15) is 5.82 Å². The Morgan fingerprint density at radius 3 is 2.94 bits per heavy atom. The molecule has 1 aromatic rings. The molecule has 0 radical (unpaired) electrons. The van der Waals surface area contributed by atoms with Gasteiger partial charge in [-0.2, -0.15) is 0 Å². The van der Waals surface area contributed by atoms with E-state index in [2.05, 4.69) is 15.6 Å². The first-order valence-corrected chi connectivity index (χ1v) is 6.16. The van der Waals surface area contributed by atoms with Gasteiger partial charge in [-0.3, -0.25) is 4.79 Å². The number of nitrogens with zero attached hydrogens (tertiary/aromatic N) is 2. The Labute approximate surface area is 108 Å². The second kappa shape index (κ2) is 8.66. The molecule has 0 saturated carbocycles. The van der Waals surface area contributed by atoms with E-state index in [1.807, 2.05) is 17.8 Å². The van der Waals surface area contributed by atoms with Gasteiger partial charge in [0.2, 0.25) is 5.91 Å². The van der Waals surface area contributed by atoms with Crippen LogP contribution in [0, 0.1) is 0 Å². The highest BCUT2D eigenvalue weighted by atomic mass is 16.5. The van der Waals surface area contributed by atoms with Gasteiger partial charge in [-0.1, -0.05) is 0 Å². The summed E-state index contributed by atoms with van der Waals surface area (Å²) in [5.74, 6) is 1.10. The van der Waals surface area contributed by atoms with E-state index in [0.717, 1.165) is 18.8 Å². The first kappa shape index (κ1) is 14.7. The highest BCUT2D eigenvalue weighted by molar-refractivity contribution is 5.75. The van der Waals surface area contributed by atoms with E-state index in [1.165, 1.54) is 0 Å². The molecule has 0 aromatic carbocycles. The van der Waals surface area contributed by atoms with E-state index < -0.39 is 0 Å². The molecule has 0 saturated heterocycles. The minimum Gasteiger partial charge on any atom is -0.383 e. The highest BCUT2D eigenvalue weighted by Crippen LogP contribution is 1.93. The van der Waals surface area contributed by atoms with Crippen molar-refractivity contribution in [2.75, 3.05) is 33.4 Å². The van der Waals surface area contributed by atoms with Crippen LogP contribution < -0.4 is 10.6 Å². The largest absolute Gasteiger partial charge is 0.383 e. The summed E-state index contributed by atoms with van der Waals surface area (Å²) in [4.78, 5) is 15.6. The molecule has 0 fully saturated rings. The Kier molecular flexibility index (Phi) is 7.05. The van der Waals surface area contributed by atoms with Crippen molar-refractivity contribution in [2.45, 2.75) is 12.8 Å². The predicted molar refractivity (Wildman–Crippen MR) is 69.3 cm³/mol. The molecule has 6 nitrogen and oxygen atoms in total. The van der Waals surface area contributed by atoms with Gasteiger partial charge < -0.3 is 19.9 Å². The van der Waals surface area contributed by atoms with E-state index in [0.29, 0.717) is 26.1 Å². The number of amides is 1. The topological polar surface area (TPSA) is 68.2 Å². The lowest BCUT2D eigenvalue weighted by Gasteiger charge is -2.06. The van der Waals surface area contributed by atoms with Gasteiger partial charge in [0.15, 0.2) is 0 Å². The number of methoxy groups -OCH3 is 1. The molecule has 1 aromatic heterocycles. The van der Waals surface area contributed by atoms with Gasteiger partial charge >= 0.3 is 0 Å². The third-order valence-electron chi connectivity index (χ3n) is 2.60. The summed E-state index contributed by atoms with van der Waals surface area (Å²) < 4.78 is 6.85. The van der Waals surface area contributed by atoms with Crippen molar-refractivity contribution in [1.82, 2.24) is 20.2 Å². The number of aromatic nitrogens is 2. The molecule has 0 spiro atoms. The van der Waals surface area contributed by atoms with Gasteiger partial charge in [0.25, 0.3) is 0 Å². The van der Waals surface area contributed by atoms with Gasteiger partial charge in [-0.25, -0.2) is 4.98 Å². The molecule has 18 heavy (non-hydrogen) atoms. The molecular formula is C12H22N4O2. The molecule has 1 amide bonds. The minimum absolute atomic E-state index is 0.0524. The van der Waals surface area contributed by atoms with E-state index in [4.69, 9.17) is 4.74 Å². The second-order valence-corrected chi connectivity index (χ2v) is 4.05. The Bertz CT molecular complexity index is 352. The summed E-state index contributed by atoms with van der Waals surface area (Å²) in [6.45, 7) is 2.64. The Morgan fingerprint density at radius 2 is 2.28 bits per heavy atom. The lowest BCUT2D eigenvalue weighted by atomic mass is 10.3. The molecule has 102 valence electrons. The molecule has 0 aliphatic heterocycles. The predicted octanol–water partition coefficient (Wildman–Crippen LogP) is -0.295. The Morgan fingerprint density at radius 1 is 1.44 bits per heavy atom. The summed E-state index contributed by atoms with van der Waals surface area (Å²) in [6.07, 6.45) is 5.08. The molecular weight excluding hydrogens is 232 g/mol. The van der Waals surface area contributed by atoms with Crippen molar-refractivity contribution >= 4 is 5.91 Å². The number of aryl methyl sites for hydroxylation is 1. The number of hydrogen-bond donors (Lipinski definition) is 2. The van der Waals surface area contributed by atoms with Crippen LogP contribution in [0.4, 0.5) is 0 Å².